The van der Waals surface area contributed by atoms with Gasteiger partial charge in [-0.25, -0.2) is 0 Å². The van der Waals surface area contributed by atoms with Gasteiger partial charge in [-0.1, -0.05) is 0 Å². The number of rotatable bonds is 7. The Morgan fingerprint density at radius 3 is 2.80 bits per heavy atom. The van der Waals surface area contributed by atoms with Crippen molar-refractivity contribution < 1.29 is 3.76 Å². The van der Waals surface area contributed by atoms with Crippen LogP contribution in [-0.2, 0) is 6.54 Å². The summed E-state index contributed by atoms with van der Waals surface area (Å²) in [6, 6.07) is 9.81. The van der Waals surface area contributed by atoms with Gasteiger partial charge in [-0.05, 0) is 0 Å². The van der Waals surface area contributed by atoms with Crippen molar-refractivity contribution in [1.29, 1.82) is 0 Å². The van der Waals surface area contributed by atoms with Gasteiger partial charge in [-0.15, -0.1) is 0 Å². The van der Waals surface area contributed by atoms with Crippen LogP contribution >= 0.6 is 0 Å². The fourth-order valence-corrected chi connectivity index (χ4v) is 7.05. The summed E-state index contributed by atoms with van der Waals surface area (Å²) in [5.41, 5.74) is 1.10. The summed E-state index contributed by atoms with van der Waals surface area (Å²) < 4.78 is 7.76. The summed E-state index contributed by atoms with van der Waals surface area (Å²) >= 11 is 0.0305. The third-order valence-electron chi connectivity index (χ3n) is 3.52. The molecule has 0 radical (unpaired) electrons. The van der Waals surface area contributed by atoms with Gasteiger partial charge in [0, 0.05) is 0 Å². The maximum atomic E-state index is 12.3. The van der Waals surface area contributed by atoms with E-state index in [4.69, 9.17) is 3.76 Å². The van der Waals surface area contributed by atoms with Crippen LogP contribution < -0.4 is 9.32 Å². The number of unbranched alkanes of at least 4 members (excludes halogenated alkanes) is 3. The van der Waals surface area contributed by atoms with Gasteiger partial charge < -0.3 is 0 Å². The molecule has 0 amide bonds. The molecule has 0 unspecified atom stereocenters. The van der Waals surface area contributed by atoms with E-state index in [1.54, 1.807) is 6.07 Å². The van der Waals surface area contributed by atoms with Gasteiger partial charge in [0.15, 0.2) is 0 Å². The number of aromatic nitrogens is 1. The van der Waals surface area contributed by atoms with E-state index in [0.29, 0.717) is 0 Å². The molecule has 2 aromatic rings. The summed E-state index contributed by atoms with van der Waals surface area (Å²) in [5, 5.41) is 1.09. The minimum absolute atomic E-state index is 0.0820. The van der Waals surface area contributed by atoms with Gasteiger partial charge >= 0.3 is 133 Å². The third-order valence-corrected chi connectivity index (χ3v) is 7.92. The van der Waals surface area contributed by atoms with E-state index < -0.39 is 13.8 Å². The van der Waals surface area contributed by atoms with E-state index in [2.05, 4.69) is 13.0 Å². The molecule has 5 heteroatoms. The topological polar surface area (TPSA) is 31.2 Å². The Morgan fingerprint density at radius 1 is 1.25 bits per heavy atom. The van der Waals surface area contributed by atoms with Crippen LogP contribution in [0.3, 0.4) is 0 Å². The van der Waals surface area contributed by atoms with E-state index in [1.807, 2.05) is 22.8 Å². The molecule has 0 spiro atoms. The number of aryl methyl sites for hydroxylation is 1. The number of pyridine rings is 1. The second-order valence-electron chi connectivity index (χ2n) is 5.01. The molecule has 2 rings (SSSR count). The van der Waals surface area contributed by atoms with Crippen LogP contribution in [0.1, 0.15) is 32.6 Å². The Hall–Kier alpha value is -0.684. The Kier molecular flexibility index (Phi) is 6.22. The Labute approximate surface area is 133 Å². The first-order valence-electron chi connectivity index (χ1n) is 7.53. The van der Waals surface area contributed by atoms with Crippen LogP contribution in [-0.4, -0.2) is 32.9 Å². The quantitative estimate of drug-likeness (QED) is 0.524. The molecule has 0 saturated heterocycles. The van der Waals surface area contributed by atoms with E-state index >= 15 is 0 Å². The SMILES string of the molecule is CCCCCCn1c(=O)cc([O][GeH2][GeH3])c2ccccc21. The number of para-hydroxylation sites is 1. The first-order chi connectivity index (χ1) is 9.77. The zero-order valence-electron chi connectivity index (χ0n) is 12.4. The molecule has 1 aromatic heterocycles. The van der Waals surface area contributed by atoms with Crippen LogP contribution in [0.15, 0.2) is 35.1 Å². The van der Waals surface area contributed by atoms with Crippen molar-refractivity contribution in [3.05, 3.63) is 40.7 Å². The summed E-state index contributed by atoms with van der Waals surface area (Å²) in [6.07, 6.45) is 4.71. The van der Waals surface area contributed by atoms with E-state index in [-0.39, 0.29) is 5.56 Å². The number of hydrogen-bond donors (Lipinski definition) is 0. The molecule has 0 aliphatic heterocycles. The maximum absolute atomic E-state index is 12.3. The standard InChI is InChI=1S/C15H23Ge2NO2/c1-2-3-4-7-10-18-13-9-6-5-8-12(13)14(20-17-16)11-15(18)19/h5-6,8-9,11H,2-4,7,10,17H2,1,16H3. The molecule has 0 atom stereocenters. The van der Waals surface area contributed by atoms with E-state index in [1.165, 1.54) is 19.3 Å². The molecular weight excluding hydrogens is 371 g/mol. The molecule has 0 N–H and O–H groups in total. The molecule has 0 saturated carbocycles. The summed E-state index contributed by atoms with van der Waals surface area (Å²) in [5.74, 6) is 0.823. The summed E-state index contributed by atoms with van der Waals surface area (Å²) in [6.45, 7) is 3.01. The first-order valence-corrected chi connectivity index (χ1v) is 27.1. The van der Waals surface area contributed by atoms with Crippen molar-refractivity contribution in [2.24, 2.45) is 0 Å². The van der Waals surface area contributed by atoms with Crippen molar-refractivity contribution in [3.63, 3.8) is 0 Å². The van der Waals surface area contributed by atoms with Crippen molar-refractivity contribution in [2.45, 2.75) is 39.2 Å². The zero-order valence-corrected chi connectivity index (χ0v) is 19.6. The molecular formula is C15H23Ge2NO2. The van der Waals surface area contributed by atoms with Crippen LogP contribution in [0.25, 0.3) is 10.9 Å². The van der Waals surface area contributed by atoms with E-state index in [0.717, 1.165) is 44.2 Å². The Balaban J connectivity index is 2.36. The van der Waals surface area contributed by atoms with Gasteiger partial charge in [0.1, 0.15) is 0 Å². The third kappa shape index (κ3) is 3.70. The Morgan fingerprint density at radius 2 is 2.05 bits per heavy atom. The normalized spacial score (nSPS) is 11.7. The van der Waals surface area contributed by atoms with Gasteiger partial charge in [0.2, 0.25) is 0 Å². The van der Waals surface area contributed by atoms with Crippen LogP contribution in [0.4, 0.5) is 0 Å². The minimum atomic E-state index is -0.785. The van der Waals surface area contributed by atoms with Gasteiger partial charge in [0.05, 0.1) is 0 Å². The van der Waals surface area contributed by atoms with Crippen LogP contribution in [0.2, 0.25) is 0 Å². The molecule has 1 aromatic carbocycles. The second kappa shape index (κ2) is 7.93. The molecule has 108 valence electrons. The molecule has 3 nitrogen and oxygen atoms in total. The van der Waals surface area contributed by atoms with Crippen molar-refractivity contribution in [3.8, 4) is 5.75 Å². The fourth-order valence-electron chi connectivity index (χ4n) is 2.51. The van der Waals surface area contributed by atoms with Gasteiger partial charge in [-0.3, -0.25) is 0 Å². The molecule has 0 aliphatic rings. The average molecular weight is 395 g/mol. The van der Waals surface area contributed by atoms with Crippen LogP contribution in [0, 0.1) is 0 Å². The fraction of sp³-hybridized carbons (Fsp3) is 0.400. The number of nitrogens with zero attached hydrogens (tertiary/aromatic N) is 1. The van der Waals surface area contributed by atoms with E-state index in [9.17, 15) is 4.79 Å². The van der Waals surface area contributed by atoms with Gasteiger partial charge in [-0.2, -0.15) is 0 Å². The monoisotopic (exact) mass is 397 g/mol. The molecule has 0 aliphatic carbocycles. The first kappa shape index (κ1) is 15.7. The average Bonchev–Trinajstić information content (AvgIpc) is 2.46. The molecule has 20 heavy (non-hydrogen) atoms. The number of fused-ring (bicyclic) bond motifs is 1. The molecule has 0 bridgehead atoms. The second-order valence-corrected chi connectivity index (χ2v) is 13.1. The molecule has 1 heterocycles. The summed E-state index contributed by atoms with van der Waals surface area (Å²) in [4.78, 5) is 12.3. The van der Waals surface area contributed by atoms with Crippen molar-refractivity contribution in [2.75, 3.05) is 0 Å². The summed E-state index contributed by atoms with van der Waals surface area (Å²) in [7, 11) is 0. The Bertz CT molecular complexity index is 625. The number of hydrogen-bond acceptors (Lipinski definition) is 2. The predicted octanol–water partition coefficient (Wildman–Crippen LogP) is 1.32. The van der Waals surface area contributed by atoms with Gasteiger partial charge in [0.25, 0.3) is 0 Å². The van der Waals surface area contributed by atoms with Crippen LogP contribution in [0.5, 0.6) is 5.75 Å². The molecule has 0 fully saturated rings. The number of benzene rings is 1. The van der Waals surface area contributed by atoms with Crippen molar-refractivity contribution in [1.82, 2.24) is 4.57 Å². The predicted molar refractivity (Wildman–Crippen MR) is 91.5 cm³/mol. The van der Waals surface area contributed by atoms with Crippen molar-refractivity contribution >= 4 is 39.2 Å². The zero-order chi connectivity index (χ0) is 14.4.